The lowest BCUT2D eigenvalue weighted by Crippen LogP contribution is -1.84. The monoisotopic (exact) mass is 132 g/mol. The molecule has 0 spiro atoms. The van der Waals surface area contributed by atoms with Crippen LogP contribution < -0.4 is 0 Å². The Balaban J connectivity index is 2.03. The lowest BCUT2D eigenvalue weighted by Gasteiger charge is -1.95. The lowest BCUT2D eigenvalue weighted by atomic mass is 10.1. The molecule has 10 heavy (non-hydrogen) atoms. The Labute approximate surface area is 61.9 Å². The maximum atomic E-state index is 2.22. The van der Waals surface area contributed by atoms with E-state index in [-0.39, 0.29) is 0 Å². The molecule has 1 fully saturated rings. The molecular formula is C10H12. The van der Waals surface area contributed by atoms with Crippen LogP contribution in [0.1, 0.15) is 18.4 Å². The van der Waals surface area contributed by atoms with Crippen molar-refractivity contribution in [2.75, 3.05) is 0 Å². The molecule has 2 rings (SSSR count). The van der Waals surface area contributed by atoms with E-state index in [0.717, 1.165) is 5.92 Å². The molecule has 0 unspecified atom stereocenters. The van der Waals surface area contributed by atoms with Crippen molar-refractivity contribution in [2.24, 2.45) is 5.92 Å². The normalized spacial score (nSPS) is 17.2. The van der Waals surface area contributed by atoms with Crippen molar-refractivity contribution >= 4 is 0 Å². The molecule has 0 aromatic heterocycles. The molecule has 0 amide bonds. The Bertz CT molecular complexity index is 197. The second-order valence-electron chi connectivity index (χ2n) is 3.13. The fraction of sp³-hybridized carbons (Fsp3) is 0.400. The number of rotatable bonds is 2. The molecule has 1 aliphatic carbocycles. The van der Waals surface area contributed by atoms with Gasteiger partial charge in [-0.05, 0) is 30.7 Å². The van der Waals surface area contributed by atoms with Gasteiger partial charge in [-0.25, -0.2) is 0 Å². The first-order valence-corrected chi connectivity index (χ1v) is 3.99. The van der Waals surface area contributed by atoms with Crippen LogP contribution in [0.3, 0.4) is 0 Å². The molecule has 1 aromatic carbocycles. The predicted molar refractivity (Wildman–Crippen MR) is 42.9 cm³/mol. The minimum atomic E-state index is 1.02. The van der Waals surface area contributed by atoms with Gasteiger partial charge in [-0.3, -0.25) is 0 Å². The molecule has 0 heteroatoms. The molecule has 0 saturated heterocycles. The first-order valence-electron chi connectivity index (χ1n) is 3.99. The Morgan fingerprint density at radius 3 is 2.40 bits per heavy atom. The van der Waals surface area contributed by atoms with Crippen LogP contribution in [0.2, 0.25) is 0 Å². The molecule has 52 valence electrons. The highest BCUT2D eigenvalue weighted by molar-refractivity contribution is 5.15. The summed E-state index contributed by atoms with van der Waals surface area (Å²) in [5.74, 6) is 1.02. The van der Waals surface area contributed by atoms with Gasteiger partial charge in [-0.1, -0.05) is 30.3 Å². The zero-order valence-electron chi connectivity index (χ0n) is 6.09. The summed E-state index contributed by atoms with van der Waals surface area (Å²) in [6.07, 6.45) is 4.21. The van der Waals surface area contributed by atoms with E-state index in [0.29, 0.717) is 0 Å². The molecule has 1 aliphatic rings. The van der Waals surface area contributed by atoms with Crippen LogP contribution in [0.15, 0.2) is 30.3 Å². The van der Waals surface area contributed by atoms with Gasteiger partial charge in [0, 0.05) is 0 Å². The summed E-state index contributed by atoms with van der Waals surface area (Å²) < 4.78 is 0. The van der Waals surface area contributed by atoms with E-state index in [1.165, 1.54) is 24.8 Å². The van der Waals surface area contributed by atoms with Crippen LogP contribution in [-0.2, 0) is 6.42 Å². The van der Waals surface area contributed by atoms with Gasteiger partial charge in [-0.2, -0.15) is 0 Å². The van der Waals surface area contributed by atoms with E-state index < -0.39 is 0 Å². The molecule has 0 radical (unpaired) electrons. The third kappa shape index (κ3) is 1.38. The summed E-state index contributed by atoms with van der Waals surface area (Å²) in [6, 6.07) is 10.8. The van der Waals surface area contributed by atoms with E-state index in [1.54, 1.807) is 0 Å². The van der Waals surface area contributed by atoms with Crippen molar-refractivity contribution in [1.82, 2.24) is 0 Å². The number of benzene rings is 1. The van der Waals surface area contributed by atoms with Gasteiger partial charge >= 0.3 is 0 Å². The third-order valence-corrected chi connectivity index (χ3v) is 2.06. The minimum absolute atomic E-state index is 1.02. The standard InChI is InChI=1S/C10H12/c1-2-4-9(5-3-1)8-10-6-7-10/h1-5,10H,6-8H2. The van der Waals surface area contributed by atoms with E-state index in [1.807, 2.05) is 0 Å². The Morgan fingerprint density at radius 1 is 1.10 bits per heavy atom. The molecular weight excluding hydrogens is 120 g/mol. The van der Waals surface area contributed by atoms with Gasteiger partial charge in [0.05, 0.1) is 0 Å². The Kier molecular flexibility index (Phi) is 1.46. The van der Waals surface area contributed by atoms with Crippen molar-refractivity contribution in [3.05, 3.63) is 35.9 Å². The van der Waals surface area contributed by atoms with Crippen molar-refractivity contribution in [3.63, 3.8) is 0 Å². The highest BCUT2D eigenvalue weighted by atomic mass is 14.3. The summed E-state index contributed by atoms with van der Waals surface area (Å²) in [7, 11) is 0. The second-order valence-corrected chi connectivity index (χ2v) is 3.13. The lowest BCUT2D eigenvalue weighted by molar-refractivity contribution is 0.832. The van der Waals surface area contributed by atoms with E-state index in [4.69, 9.17) is 0 Å². The molecule has 0 N–H and O–H groups in total. The van der Waals surface area contributed by atoms with Crippen molar-refractivity contribution in [3.8, 4) is 0 Å². The average Bonchev–Trinajstić information content (AvgIpc) is 2.74. The molecule has 1 aromatic rings. The van der Waals surface area contributed by atoms with Gasteiger partial charge in [0.15, 0.2) is 0 Å². The van der Waals surface area contributed by atoms with Crippen molar-refractivity contribution in [2.45, 2.75) is 19.3 Å². The van der Waals surface area contributed by atoms with E-state index in [2.05, 4.69) is 30.3 Å². The maximum absolute atomic E-state index is 2.22. The van der Waals surface area contributed by atoms with Crippen LogP contribution in [0.25, 0.3) is 0 Å². The largest absolute Gasteiger partial charge is 0.0622 e. The predicted octanol–water partition coefficient (Wildman–Crippen LogP) is 2.64. The van der Waals surface area contributed by atoms with E-state index in [9.17, 15) is 0 Å². The Hall–Kier alpha value is -0.780. The summed E-state index contributed by atoms with van der Waals surface area (Å²) in [4.78, 5) is 0. The SMILES string of the molecule is c1ccc(CC2CC2)cc1. The molecule has 0 heterocycles. The highest BCUT2D eigenvalue weighted by Crippen LogP contribution is 2.32. The van der Waals surface area contributed by atoms with Crippen LogP contribution in [0.4, 0.5) is 0 Å². The first-order chi connectivity index (χ1) is 4.95. The summed E-state index contributed by atoms with van der Waals surface area (Å²) in [5, 5.41) is 0. The van der Waals surface area contributed by atoms with Crippen molar-refractivity contribution in [1.29, 1.82) is 0 Å². The fourth-order valence-electron chi connectivity index (χ4n) is 1.27. The molecule has 1 saturated carbocycles. The molecule has 0 atom stereocenters. The van der Waals surface area contributed by atoms with E-state index >= 15 is 0 Å². The zero-order chi connectivity index (χ0) is 6.81. The number of hydrogen-bond acceptors (Lipinski definition) is 0. The fourth-order valence-corrected chi connectivity index (χ4v) is 1.27. The van der Waals surface area contributed by atoms with Gasteiger partial charge in [-0.15, -0.1) is 0 Å². The summed E-state index contributed by atoms with van der Waals surface area (Å²) in [6.45, 7) is 0. The maximum Gasteiger partial charge on any atom is -0.0250 e. The van der Waals surface area contributed by atoms with Crippen LogP contribution in [0.5, 0.6) is 0 Å². The van der Waals surface area contributed by atoms with Crippen LogP contribution in [-0.4, -0.2) is 0 Å². The molecule has 0 bridgehead atoms. The second kappa shape index (κ2) is 2.45. The van der Waals surface area contributed by atoms with Crippen molar-refractivity contribution < 1.29 is 0 Å². The zero-order valence-corrected chi connectivity index (χ0v) is 6.09. The van der Waals surface area contributed by atoms with Gasteiger partial charge in [0.2, 0.25) is 0 Å². The molecule has 0 nitrogen and oxygen atoms in total. The topological polar surface area (TPSA) is 0 Å². The highest BCUT2D eigenvalue weighted by Gasteiger charge is 2.20. The smallest absolute Gasteiger partial charge is 0.0250 e. The summed E-state index contributed by atoms with van der Waals surface area (Å²) in [5.41, 5.74) is 1.50. The summed E-state index contributed by atoms with van der Waals surface area (Å²) >= 11 is 0. The minimum Gasteiger partial charge on any atom is -0.0622 e. The molecule has 0 aliphatic heterocycles. The van der Waals surface area contributed by atoms with Gasteiger partial charge in [0.1, 0.15) is 0 Å². The van der Waals surface area contributed by atoms with Crippen LogP contribution >= 0.6 is 0 Å². The average molecular weight is 132 g/mol. The van der Waals surface area contributed by atoms with Crippen LogP contribution in [0, 0.1) is 5.92 Å². The quantitative estimate of drug-likeness (QED) is 0.580. The first kappa shape index (κ1) is 5.96. The van der Waals surface area contributed by atoms with Gasteiger partial charge < -0.3 is 0 Å². The van der Waals surface area contributed by atoms with Gasteiger partial charge in [0.25, 0.3) is 0 Å². The Morgan fingerprint density at radius 2 is 1.80 bits per heavy atom. The third-order valence-electron chi connectivity index (χ3n) is 2.06. The number of hydrogen-bond donors (Lipinski definition) is 0.